The summed E-state index contributed by atoms with van der Waals surface area (Å²) in [5.41, 5.74) is -0.820. The largest absolute Gasteiger partial charge is 0.444 e. The molecule has 1 aromatic rings. The average molecular weight is 399 g/mol. The van der Waals surface area contributed by atoms with Gasteiger partial charge >= 0.3 is 12.3 Å². The highest BCUT2D eigenvalue weighted by Gasteiger charge is 2.52. The Morgan fingerprint density at radius 2 is 1.92 bits per heavy atom. The number of carbonyl (C=O) groups excluding carboxylic acids is 2. The lowest BCUT2D eigenvalue weighted by atomic mass is 10.0. The molecule has 5 nitrogen and oxygen atoms in total. The molecule has 2 rings (SSSR count). The zero-order chi connectivity index (χ0) is 19.0. The molecule has 25 heavy (non-hydrogen) atoms. The van der Waals surface area contributed by atoms with Crippen LogP contribution < -0.4 is 5.32 Å². The first-order chi connectivity index (χ1) is 11.4. The number of hydrogen-bond donors (Lipinski definition) is 1. The molecule has 1 aliphatic rings. The van der Waals surface area contributed by atoms with E-state index in [1.54, 1.807) is 20.8 Å². The van der Waals surface area contributed by atoms with Crippen LogP contribution in [0.3, 0.4) is 0 Å². The summed E-state index contributed by atoms with van der Waals surface area (Å²) in [6.07, 6.45) is -5.39. The number of nitrogens with zero attached hydrogens (tertiary/aromatic N) is 1. The Kier molecular flexibility index (Phi) is 5.58. The zero-order valence-corrected chi connectivity index (χ0v) is 15.4. The van der Waals surface area contributed by atoms with Crippen molar-refractivity contribution < 1.29 is 27.5 Å². The molecule has 0 saturated carbocycles. The van der Waals surface area contributed by atoms with E-state index in [1.807, 2.05) is 0 Å². The Bertz CT molecular complexity index is 657. The van der Waals surface area contributed by atoms with E-state index < -0.39 is 42.3 Å². The Morgan fingerprint density at radius 3 is 2.40 bits per heavy atom. The van der Waals surface area contributed by atoms with Crippen LogP contribution in [0.25, 0.3) is 0 Å². The van der Waals surface area contributed by atoms with E-state index in [0.29, 0.717) is 4.34 Å². The smallest absolute Gasteiger partial charge is 0.410 e. The molecule has 2 amide bonds. The van der Waals surface area contributed by atoms with Crippen LogP contribution in [0.5, 0.6) is 0 Å². The van der Waals surface area contributed by atoms with Crippen molar-refractivity contribution in [3.8, 4) is 0 Å². The lowest BCUT2D eigenvalue weighted by Gasteiger charge is -2.24. The van der Waals surface area contributed by atoms with Crippen molar-refractivity contribution >= 4 is 34.9 Å². The molecular formula is C15H18ClF3N2O3S. The molecule has 0 spiro atoms. The summed E-state index contributed by atoms with van der Waals surface area (Å²) >= 11 is 6.71. The second-order valence-corrected chi connectivity index (χ2v) is 8.43. The van der Waals surface area contributed by atoms with Gasteiger partial charge < -0.3 is 15.0 Å². The minimum Gasteiger partial charge on any atom is -0.444 e. The molecule has 1 aromatic heterocycles. The summed E-state index contributed by atoms with van der Waals surface area (Å²) in [6, 6.07) is 1.68. The third-order valence-corrected chi connectivity index (χ3v) is 4.74. The monoisotopic (exact) mass is 398 g/mol. The summed E-state index contributed by atoms with van der Waals surface area (Å²) in [7, 11) is 0. The van der Waals surface area contributed by atoms with E-state index in [-0.39, 0.29) is 11.4 Å². The van der Waals surface area contributed by atoms with Crippen LogP contribution >= 0.6 is 22.9 Å². The molecule has 0 unspecified atom stereocenters. The topological polar surface area (TPSA) is 58.6 Å². The van der Waals surface area contributed by atoms with Gasteiger partial charge in [-0.1, -0.05) is 11.6 Å². The number of hydrogen-bond acceptors (Lipinski definition) is 4. The second-order valence-electron chi connectivity index (χ2n) is 6.72. The van der Waals surface area contributed by atoms with Gasteiger partial charge in [-0.05, 0) is 32.9 Å². The van der Waals surface area contributed by atoms with Gasteiger partial charge in [-0.25, -0.2) is 4.79 Å². The number of ether oxygens (including phenoxy) is 1. The fraction of sp³-hybridized carbons (Fsp3) is 0.600. The maximum atomic E-state index is 13.3. The number of halogens is 4. The van der Waals surface area contributed by atoms with E-state index in [2.05, 4.69) is 5.32 Å². The lowest BCUT2D eigenvalue weighted by molar-refractivity contribution is -0.174. The molecule has 2 heterocycles. The molecular weight excluding hydrogens is 381 g/mol. The first-order valence-corrected chi connectivity index (χ1v) is 8.67. The summed E-state index contributed by atoms with van der Waals surface area (Å²) in [5, 5.41) is 2.36. The van der Waals surface area contributed by atoms with Gasteiger partial charge in [-0.3, -0.25) is 4.79 Å². The van der Waals surface area contributed by atoms with Crippen LogP contribution in [0, 0.1) is 5.92 Å². The molecule has 1 saturated heterocycles. The fourth-order valence-corrected chi connectivity index (χ4v) is 3.38. The Balaban J connectivity index is 2.11. The van der Waals surface area contributed by atoms with Crippen molar-refractivity contribution in [3.63, 3.8) is 0 Å². The average Bonchev–Trinajstić information content (AvgIpc) is 3.02. The molecule has 1 fully saturated rings. The predicted molar refractivity (Wildman–Crippen MR) is 87.9 cm³/mol. The number of amides is 2. The third kappa shape index (κ3) is 5.24. The number of nitrogens with one attached hydrogen (secondary N) is 1. The van der Waals surface area contributed by atoms with Crippen molar-refractivity contribution in [1.29, 1.82) is 0 Å². The van der Waals surface area contributed by atoms with Gasteiger partial charge in [-0.2, -0.15) is 13.2 Å². The molecule has 1 N–H and O–H groups in total. The van der Waals surface area contributed by atoms with Gasteiger partial charge in [0.1, 0.15) is 5.60 Å². The van der Waals surface area contributed by atoms with Crippen LogP contribution in [-0.2, 0) is 4.74 Å². The van der Waals surface area contributed by atoms with Crippen molar-refractivity contribution in [1.82, 2.24) is 10.2 Å². The number of rotatable bonds is 2. The number of alkyl halides is 3. The minimum absolute atomic E-state index is 0.210. The number of thiophene rings is 1. The molecule has 0 bridgehead atoms. The third-order valence-electron chi connectivity index (χ3n) is 3.51. The highest BCUT2D eigenvalue weighted by atomic mass is 35.5. The molecule has 0 aromatic carbocycles. The minimum atomic E-state index is -4.55. The van der Waals surface area contributed by atoms with Gasteiger partial charge in [0, 0.05) is 13.1 Å². The second kappa shape index (κ2) is 7.03. The van der Waals surface area contributed by atoms with Gasteiger partial charge in [0.2, 0.25) is 0 Å². The molecule has 1 aliphatic heterocycles. The SMILES string of the molecule is CC(C)(C)OC(=O)N1C[C@@H](C(F)(F)F)[C@H](NC(=O)c2ccc(Cl)s2)C1. The normalized spacial score (nSPS) is 21.3. The standard InChI is InChI=1S/C15H18ClF3N2O3S/c1-14(2,3)24-13(23)21-6-8(15(17,18)19)9(7-21)20-12(22)10-4-5-11(16)25-10/h4-5,8-9H,6-7H2,1-3H3,(H,20,22)/t8-,9-/m1/s1. The van der Waals surface area contributed by atoms with Gasteiger partial charge in [0.25, 0.3) is 5.91 Å². The van der Waals surface area contributed by atoms with Crippen LogP contribution in [0.15, 0.2) is 12.1 Å². The van der Waals surface area contributed by atoms with E-state index in [9.17, 15) is 22.8 Å². The number of carbonyl (C=O) groups is 2. The lowest BCUT2D eigenvalue weighted by Crippen LogP contribution is -2.45. The Labute approximate surface area is 152 Å². The van der Waals surface area contributed by atoms with E-state index in [0.717, 1.165) is 16.2 Å². The van der Waals surface area contributed by atoms with Crippen LogP contribution in [0.2, 0.25) is 4.34 Å². The molecule has 0 radical (unpaired) electrons. The first kappa shape index (κ1) is 19.8. The first-order valence-electron chi connectivity index (χ1n) is 7.47. The number of likely N-dealkylation sites (tertiary alicyclic amines) is 1. The van der Waals surface area contributed by atoms with Gasteiger partial charge in [0.05, 0.1) is 21.2 Å². The summed E-state index contributed by atoms with van der Waals surface area (Å²) < 4.78 is 45.4. The van der Waals surface area contributed by atoms with Gasteiger partial charge in [0.15, 0.2) is 0 Å². The van der Waals surface area contributed by atoms with Gasteiger partial charge in [-0.15, -0.1) is 11.3 Å². The molecule has 140 valence electrons. The predicted octanol–water partition coefficient (Wildman–Crippen LogP) is 3.93. The zero-order valence-electron chi connectivity index (χ0n) is 13.8. The maximum absolute atomic E-state index is 13.3. The Morgan fingerprint density at radius 1 is 1.28 bits per heavy atom. The van der Waals surface area contributed by atoms with Crippen LogP contribution in [-0.4, -0.2) is 47.8 Å². The highest BCUT2D eigenvalue weighted by molar-refractivity contribution is 7.18. The summed E-state index contributed by atoms with van der Waals surface area (Å²) in [6.45, 7) is 4.05. The van der Waals surface area contributed by atoms with Crippen molar-refractivity contribution in [2.75, 3.05) is 13.1 Å². The van der Waals surface area contributed by atoms with Crippen molar-refractivity contribution in [2.24, 2.45) is 5.92 Å². The van der Waals surface area contributed by atoms with Crippen molar-refractivity contribution in [3.05, 3.63) is 21.3 Å². The fourth-order valence-electron chi connectivity index (χ4n) is 2.43. The molecule has 10 heteroatoms. The molecule has 0 aliphatic carbocycles. The summed E-state index contributed by atoms with van der Waals surface area (Å²) in [4.78, 5) is 25.4. The highest BCUT2D eigenvalue weighted by Crippen LogP contribution is 2.35. The van der Waals surface area contributed by atoms with Crippen LogP contribution in [0.4, 0.5) is 18.0 Å². The van der Waals surface area contributed by atoms with Crippen molar-refractivity contribution in [2.45, 2.75) is 38.6 Å². The quantitative estimate of drug-likeness (QED) is 0.821. The molecule has 2 atom stereocenters. The Hall–Kier alpha value is -1.48. The van der Waals surface area contributed by atoms with Crippen LogP contribution in [0.1, 0.15) is 30.4 Å². The van der Waals surface area contributed by atoms with E-state index in [1.165, 1.54) is 12.1 Å². The van der Waals surface area contributed by atoms with E-state index >= 15 is 0 Å². The van der Waals surface area contributed by atoms with E-state index in [4.69, 9.17) is 16.3 Å². The maximum Gasteiger partial charge on any atom is 0.410 e. The summed E-state index contributed by atoms with van der Waals surface area (Å²) in [5.74, 6) is -2.51.